The number of aromatic nitrogens is 5. The minimum absolute atomic E-state index is 0.649. The van der Waals surface area contributed by atoms with E-state index in [1.54, 1.807) is 23.4 Å². The minimum atomic E-state index is 0.649. The van der Waals surface area contributed by atoms with Gasteiger partial charge in [-0.15, -0.1) is 0 Å². The number of rotatable bonds is 1. The first-order chi connectivity index (χ1) is 5.86. The second-order valence-electron chi connectivity index (χ2n) is 2.04. The smallest absolute Gasteiger partial charge is 0.173 e. The molecule has 0 amide bonds. The summed E-state index contributed by atoms with van der Waals surface area (Å²) in [7, 11) is 0. The third-order valence-electron chi connectivity index (χ3n) is 1.26. The summed E-state index contributed by atoms with van der Waals surface area (Å²) in [5.41, 5.74) is 0. The van der Waals surface area contributed by atoms with Crippen LogP contribution in [0, 0.1) is 0 Å². The Hall–Kier alpha value is -1.30. The molecule has 0 spiro atoms. The van der Waals surface area contributed by atoms with Crippen molar-refractivity contribution in [3.05, 3.63) is 29.7 Å². The molecule has 0 saturated carbocycles. The van der Waals surface area contributed by atoms with Gasteiger partial charge in [0.25, 0.3) is 0 Å². The maximum Gasteiger partial charge on any atom is 0.173 e. The summed E-state index contributed by atoms with van der Waals surface area (Å²) in [4.78, 5) is 11.9. The molecule has 2 rings (SSSR count). The van der Waals surface area contributed by atoms with Gasteiger partial charge in [0, 0.05) is 0 Å². The fraction of sp³-hybridized carbons (Fsp3) is 0. The SMILES string of the molecule is Brc1cnc(-n2cncn2)cn1. The number of hydrogen-bond donors (Lipinski definition) is 0. The quantitative estimate of drug-likeness (QED) is 0.722. The van der Waals surface area contributed by atoms with Crippen molar-refractivity contribution in [1.82, 2.24) is 24.7 Å². The molecule has 0 saturated heterocycles. The van der Waals surface area contributed by atoms with Gasteiger partial charge in [0.1, 0.15) is 17.3 Å². The second-order valence-corrected chi connectivity index (χ2v) is 2.85. The Bertz CT molecular complexity index is 354. The van der Waals surface area contributed by atoms with E-state index >= 15 is 0 Å². The van der Waals surface area contributed by atoms with Gasteiger partial charge in [-0.3, -0.25) is 0 Å². The number of nitrogens with zero attached hydrogens (tertiary/aromatic N) is 5. The van der Waals surface area contributed by atoms with Crippen LogP contribution in [0.3, 0.4) is 0 Å². The van der Waals surface area contributed by atoms with Gasteiger partial charge >= 0.3 is 0 Å². The fourth-order valence-electron chi connectivity index (χ4n) is 0.750. The second kappa shape index (κ2) is 2.98. The summed E-state index contributed by atoms with van der Waals surface area (Å²) < 4.78 is 2.24. The molecule has 0 aliphatic heterocycles. The molecule has 0 N–H and O–H groups in total. The van der Waals surface area contributed by atoms with E-state index in [0.717, 1.165) is 0 Å². The summed E-state index contributed by atoms with van der Waals surface area (Å²) in [6.45, 7) is 0. The third-order valence-corrected chi connectivity index (χ3v) is 1.67. The molecule has 12 heavy (non-hydrogen) atoms. The van der Waals surface area contributed by atoms with Crippen LogP contribution in [-0.2, 0) is 0 Å². The van der Waals surface area contributed by atoms with Crippen LogP contribution in [0.25, 0.3) is 5.82 Å². The topological polar surface area (TPSA) is 56.5 Å². The van der Waals surface area contributed by atoms with Crippen molar-refractivity contribution >= 4 is 15.9 Å². The lowest BCUT2D eigenvalue weighted by atomic mass is 10.7. The van der Waals surface area contributed by atoms with Crippen LogP contribution in [0.4, 0.5) is 0 Å². The lowest BCUT2D eigenvalue weighted by Crippen LogP contribution is -1.97. The summed E-state index contributed by atoms with van der Waals surface area (Å²) in [6.07, 6.45) is 6.23. The minimum Gasteiger partial charge on any atom is -0.244 e. The van der Waals surface area contributed by atoms with E-state index in [1.807, 2.05) is 0 Å². The van der Waals surface area contributed by atoms with Crippen LogP contribution in [0.15, 0.2) is 29.7 Å². The summed E-state index contributed by atoms with van der Waals surface area (Å²) in [5.74, 6) is 0.649. The molecule has 0 atom stereocenters. The van der Waals surface area contributed by atoms with Gasteiger partial charge < -0.3 is 0 Å². The van der Waals surface area contributed by atoms with Crippen LogP contribution in [-0.4, -0.2) is 24.7 Å². The zero-order valence-corrected chi connectivity index (χ0v) is 7.51. The average Bonchev–Trinajstić information content (AvgIpc) is 2.58. The van der Waals surface area contributed by atoms with Crippen molar-refractivity contribution in [2.75, 3.05) is 0 Å². The Morgan fingerprint density at radius 3 is 2.75 bits per heavy atom. The first-order valence-electron chi connectivity index (χ1n) is 3.19. The van der Waals surface area contributed by atoms with Gasteiger partial charge in [-0.1, -0.05) is 0 Å². The Kier molecular flexibility index (Phi) is 1.83. The maximum atomic E-state index is 4.07. The van der Waals surface area contributed by atoms with Crippen LogP contribution < -0.4 is 0 Å². The van der Waals surface area contributed by atoms with Crippen LogP contribution in [0.5, 0.6) is 0 Å². The standard InChI is InChI=1S/C6H4BrN5/c7-5-1-10-6(2-9-5)12-4-8-3-11-12/h1-4H. The molecule has 0 aliphatic rings. The van der Waals surface area contributed by atoms with Crippen LogP contribution in [0.1, 0.15) is 0 Å². The average molecular weight is 226 g/mol. The largest absolute Gasteiger partial charge is 0.244 e. The predicted molar refractivity (Wildman–Crippen MR) is 44.6 cm³/mol. The highest BCUT2D eigenvalue weighted by Gasteiger charge is 1.97. The van der Waals surface area contributed by atoms with Crippen LogP contribution in [0.2, 0.25) is 0 Å². The van der Waals surface area contributed by atoms with Crippen LogP contribution >= 0.6 is 15.9 Å². The van der Waals surface area contributed by atoms with E-state index in [4.69, 9.17) is 0 Å². The molecular formula is C6H4BrN5. The van der Waals surface area contributed by atoms with Crippen molar-refractivity contribution in [2.45, 2.75) is 0 Å². The van der Waals surface area contributed by atoms with Crippen molar-refractivity contribution in [3.8, 4) is 5.82 Å². The normalized spacial score (nSPS) is 10.1. The molecule has 0 unspecified atom stereocenters. The Morgan fingerprint density at radius 1 is 1.25 bits per heavy atom. The lowest BCUT2D eigenvalue weighted by Gasteiger charge is -1.96. The first kappa shape index (κ1) is 7.35. The van der Waals surface area contributed by atoms with Gasteiger partial charge in [-0.05, 0) is 15.9 Å². The summed E-state index contributed by atoms with van der Waals surface area (Å²) >= 11 is 3.19. The van der Waals surface area contributed by atoms with Gasteiger partial charge in [-0.25, -0.2) is 19.6 Å². The van der Waals surface area contributed by atoms with Crippen molar-refractivity contribution in [2.24, 2.45) is 0 Å². The van der Waals surface area contributed by atoms with Gasteiger partial charge in [-0.2, -0.15) is 5.10 Å². The number of halogens is 1. The van der Waals surface area contributed by atoms with Gasteiger partial charge in [0.2, 0.25) is 0 Å². The summed E-state index contributed by atoms with van der Waals surface area (Å²) in [5, 5.41) is 3.90. The van der Waals surface area contributed by atoms with Crippen molar-refractivity contribution in [1.29, 1.82) is 0 Å². The van der Waals surface area contributed by atoms with Gasteiger partial charge in [0.05, 0.1) is 12.4 Å². The molecule has 0 aliphatic carbocycles. The highest BCUT2D eigenvalue weighted by Crippen LogP contribution is 2.04. The van der Waals surface area contributed by atoms with E-state index in [0.29, 0.717) is 10.4 Å². The Balaban J connectivity index is 2.43. The molecule has 6 heteroatoms. The highest BCUT2D eigenvalue weighted by molar-refractivity contribution is 9.10. The van der Waals surface area contributed by atoms with Gasteiger partial charge in [0.15, 0.2) is 5.82 Å². The zero-order chi connectivity index (χ0) is 8.39. The van der Waals surface area contributed by atoms with E-state index in [9.17, 15) is 0 Å². The van der Waals surface area contributed by atoms with E-state index in [1.165, 1.54) is 6.33 Å². The molecule has 2 heterocycles. The predicted octanol–water partition coefficient (Wildman–Crippen LogP) is 0.820. The molecule has 0 aromatic carbocycles. The Morgan fingerprint density at radius 2 is 2.17 bits per heavy atom. The van der Waals surface area contributed by atoms with Crippen molar-refractivity contribution < 1.29 is 0 Å². The molecule has 0 bridgehead atoms. The maximum absolute atomic E-state index is 4.07. The molecule has 0 fully saturated rings. The van der Waals surface area contributed by atoms with Crippen molar-refractivity contribution in [3.63, 3.8) is 0 Å². The summed E-state index contributed by atoms with van der Waals surface area (Å²) in [6, 6.07) is 0. The van der Waals surface area contributed by atoms with E-state index < -0.39 is 0 Å². The lowest BCUT2D eigenvalue weighted by molar-refractivity contribution is 0.834. The molecule has 60 valence electrons. The molecule has 2 aromatic rings. The molecule has 2 aromatic heterocycles. The van der Waals surface area contributed by atoms with E-state index in [2.05, 4.69) is 36.0 Å². The fourth-order valence-corrected chi connectivity index (χ4v) is 0.955. The Labute approximate surface area is 76.6 Å². The zero-order valence-electron chi connectivity index (χ0n) is 5.92. The third kappa shape index (κ3) is 1.33. The molecular weight excluding hydrogens is 222 g/mol. The first-order valence-corrected chi connectivity index (χ1v) is 3.98. The number of hydrogen-bond acceptors (Lipinski definition) is 4. The molecule has 0 radical (unpaired) electrons. The highest BCUT2D eigenvalue weighted by atomic mass is 79.9. The monoisotopic (exact) mass is 225 g/mol. The molecule has 5 nitrogen and oxygen atoms in total. The van der Waals surface area contributed by atoms with E-state index in [-0.39, 0.29) is 0 Å².